The number of fused-ring (bicyclic) bond motifs is 1. The van der Waals surface area contributed by atoms with E-state index in [-0.39, 0.29) is 11.8 Å². The summed E-state index contributed by atoms with van der Waals surface area (Å²) in [6, 6.07) is 6.32. The van der Waals surface area contributed by atoms with Gasteiger partial charge in [0.05, 0.1) is 18.3 Å². The second-order valence-corrected chi connectivity index (χ2v) is 6.72. The van der Waals surface area contributed by atoms with Gasteiger partial charge in [0.2, 0.25) is 0 Å². The highest BCUT2D eigenvalue weighted by Gasteiger charge is 2.22. The van der Waals surface area contributed by atoms with E-state index in [0.29, 0.717) is 18.3 Å². The molecule has 3 rings (SSSR count). The third kappa shape index (κ3) is 3.62. The predicted molar refractivity (Wildman–Crippen MR) is 108 cm³/mol. The van der Waals surface area contributed by atoms with Crippen LogP contribution in [-0.4, -0.2) is 46.1 Å². The molecule has 3 heterocycles. The summed E-state index contributed by atoms with van der Waals surface area (Å²) in [6.07, 6.45) is 3.56. The fourth-order valence-electron chi connectivity index (χ4n) is 3.47. The highest BCUT2D eigenvalue weighted by molar-refractivity contribution is 5.94. The van der Waals surface area contributed by atoms with Crippen molar-refractivity contribution >= 4 is 16.8 Å². The maximum absolute atomic E-state index is 11.6. The number of nitrogens with zero attached hydrogens (tertiary/aromatic N) is 4. The lowest BCUT2D eigenvalue weighted by Gasteiger charge is -2.19. The van der Waals surface area contributed by atoms with Crippen LogP contribution in [-0.2, 0) is 4.74 Å². The first-order valence-electron chi connectivity index (χ1n) is 9.40. The van der Waals surface area contributed by atoms with Crippen molar-refractivity contribution in [3.63, 3.8) is 0 Å². The summed E-state index contributed by atoms with van der Waals surface area (Å²) < 4.78 is 13.0. The Labute approximate surface area is 164 Å². The van der Waals surface area contributed by atoms with Gasteiger partial charge in [0.25, 0.3) is 6.01 Å². The zero-order valence-corrected chi connectivity index (χ0v) is 17.0. The summed E-state index contributed by atoms with van der Waals surface area (Å²) in [6.45, 7) is 6.19. The fraction of sp³-hybridized carbons (Fsp3) is 0.429. The van der Waals surface area contributed by atoms with Crippen LogP contribution in [0.4, 0.5) is 0 Å². The van der Waals surface area contributed by atoms with E-state index >= 15 is 0 Å². The number of ketones is 1. The van der Waals surface area contributed by atoms with Gasteiger partial charge in [-0.3, -0.25) is 14.3 Å². The Morgan fingerprint density at radius 3 is 2.61 bits per heavy atom. The molecule has 0 bridgehead atoms. The maximum atomic E-state index is 11.6. The second-order valence-electron chi connectivity index (χ2n) is 6.72. The van der Waals surface area contributed by atoms with Crippen molar-refractivity contribution in [2.45, 2.75) is 39.7 Å². The Balaban J connectivity index is 2.18. The van der Waals surface area contributed by atoms with E-state index in [9.17, 15) is 4.79 Å². The van der Waals surface area contributed by atoms with Crippen LogP contribution in [0.5, 0.6) is 6.01 Å². The molecule has 0 spiro atoms. The maximum Gasteiger partial charge on any atom is 0.297 e. The number of rotatable bonds is 8. The van der Waals surface area contributed by atoms with Crippen LogP contribution in [0.25, 0.3) is 22.3 Å². The molecule has 0 aliphatic rings. The largest absolute Gasteiger partial charge is 0.468 e. The zero-order valence-electron chi connectivity index (χ0n) is 17.0. The number of hydrogen-bond acceptors (Lipinski definition) is 6. The van der Waals surface area contributed by atoms with Crippen LogP contribution >= 0.6 is 0 Å². The van der Waals surface area contributed by atoms with Crippen LogP contribution in [0.2, 0.25) is 0 Å². The SMILES string of the molecule is CCC(CCOC)n1c(OC)nc2c(-c3ccc(C(C)=O)nc3C)nccc21. The number of hydrogen-bond donors (Lipinski definition) is 0. The molecule has 1 atom stereocenters. The number of Topliss-reactive ketones (excluding diaryl/α,β-unsaturated/α-hetero) is 1. The van der Waals surface area contributed by atoms with Crippen LogP contribution in [0.15, 0.2) is 24.4 Å². The minimum absolute atomic E-state index is 0.0595. The van der Waals surface area contributed by atoms with Gasteiger partial charge in [0, 0.05) is 44.1 Å². The van der Waals surface area contributed by atoms with Crippen LogP contribution in [0, 0.1) is 6.92 Å². The summed E-state index contributed by atoms with van der Waals surface area (Å²) in [5.41, 5.74) is 4.49. The number of methoxy groups -OCH3 is 2. The van der Waals surface area contributed by atoms with Crippen molar-refractivity contribution in [2.24, 2.45) is 0 Å². The summed E-state index contributed by atoms with van der Waals surface area (Å²) in [5, 5.41) is 0. The molecule has 0 saturated carbocycles. The molecule has 0 amide bonds. The molecule has 7 heteroatoms. The molecule has 0 saturated heterocycles. The predicted octanol–water partition coefficient (Wildman–Crippen LogP) is 4.00. The number of aromatic nitrogens is 4. The first-order valence-corrected chi connectivity index (χ1v) is 9.40. The molecule has 0 aliphatic carbocycles. The lowest BCUT2D eigenvalue weighted by atomic mass is 10.1. The molecule has 0 radical (unpaired) electrons. The van der Waals surface area contributed by atoms with E-state index in [1.807, 2.05) is 19.1 Å². The fourth-order valence-corrected chi connectivity index (χ4v) is 3.47. The standard InChI is InChI=1S/C21H26N4O3/c1-6-15(10-12-27-4)25-18-9-11-22-19(20(18)24-21(25)28-5)16-7-8-17(14(3)26)23-13(16)2/h7-9,11,15H,6,10,12H2,1-5H3. The van der Waals surface area contributed by atoms with Gasteiger partial charge in [-0.2, -0.15) is 4.98 Å². The van der Waals surface area contributed by atoms with Crippen molar-refractivity contribution in [3.05, 3.63) is 35.8 Å². The normalized spacial score (nSPS) is 12.3. The van der Waals surface area contributed by atoms with Gasteiger partial charge in [0.1, 0.15) is 11.2 Å². The van der Waals surface area contributed by atoms with E-state index in [0.717, 1.165) is 40.8 Å². The van der Waals surface area contributed by atoms with Crippen molar-refractivity contribution in [1.82, 2.24) is 19.5 Å². The monoisotopic (exact) mass is 382 g/mol. The molecule has 0 fully saturated rings. The zero-order chi connectivity index (χ0) is 20.3. The molecule has 148 valence electrons. The summed E-state index contributed by atoms with van der Waals surface area (Å²) >= 11 is 0. The van der Waals surface area contributed by atoms with Gasteiger partial charge in [-0.1, -0.05) is 6.92 Å². The molecule has 3 aromatic heterocycles. The molecular formula is C21H26N4O3. The average Bonchev–Trinajstić information content (AvgIpc) is 3.07. The molecular weight excluding hydrogens is 356 g/mol. The van der Waals surface area contributed by atoms with E-state index < -0.39 is 0 Å². The van der Waals surface area contributed by atoms with Gasteiger partial charge in [-0.05, 0) is 38.0 Å². The Kier molecular flexibility index (Phi) is 6.04. The molecule has 0 aliphatic heterocycles. The first kappa shape index (κ1) is 19.9. The van der Waals surface area contributed by atoms with E-state index in [2.05, 4.69) is 21.5 Å². The molecule has 0 aromatic carbocycles. The Bertz CT molecular complexity index is 997. The lowest BCUT2D eigenvalue weighted by molar-refractivity contribution is 0.101. The number of carbonyl (C=O) groups is 1. The van der Waals surface area contributed by atoms with Crippen LogP contribution in [0.1, 0.15) is 48.9 Å². The number of imidazole rings is 1. The third-order valence-corrected chi connectivity index (χ3v) is 4.95. The summed E-state index contributed by atoms with van der Waals surface area (Å²) in [7, 11) is 3.33. The Morgan fingerprint density at radius 1 is 1.21 bits per heavy atom. The molecule has 1 unspecified atom stereocenters. The topological polar surface area (TPSA) is 79.1 Å². The van der Waals surface area contributed by atoms with Gasteiger partial charge in [-0.15, -0.1) is 0 Å². The Morgan fingerprint density at radius 2 is 2.00 bits per heavy atom. The van der Waals surface area contributed by atoms with Crippen LogP contribution < -0.4 is 4.74 Å². The minimum atomic E-state index is -0.0595. The van der Waals surface area contributed by atoms with Gasteiger partial charge < -0.3 is 9.47 Å². The highest BCUT2D eigenvalue weighted by atomic mass is 16.5. The summed E-state index contributed by atoms with van der Waals surface area (Å²) in [4.78, 5) is 25.3. The highest BCUT2D eigenvalue weighted by Crippen LogP contribution is 2.34. The van der Waals surface area contributed by atoms with E-state index in [1.54, 1.807) is 26.5 Å². The van der Waals surface area contributed by atoms with Gasteiger partial charge >= 0.3 is 0 Å². The lowest BCUT2D eigenvalue weighted by Crippen LogP contribution is -2.12. The van der Waals surface area contributed by atoms with Crippen molar-refractivity contribution in [2.75, 3.05) is 20.8 Å². The average molecular weight is 382 g/mol. The smallest absolute Gasteiger partial charge is 0.297 e. The Hall–Kier alpha value is -2.80. The van der Waals surface area contributed by atoms with Crippen molar-refractivity contribution < 1.29 is 14.3 Å². The van der Waals surface area contributed by atoms with Gasteiger partial charge in [-0.25, -0.2) is 4.98 Å². The van der Waals surface area contributed by atoms with E-state index in [1.165, 1.54) is 6.92 Å². The molecule has 28 heavy (non-hydrogen) atoms. The molecule has 3 aromatic rings. The second kappa shape index (κ2) is 8.48. The first-order chi connectivity index (χ1) is 13.5. The van der Waals surface area contributed by atoms with Crippen molar-refractivity contribution in [1.29, 1.82) is 0 Å². The quantitative estimate of drug-likeness (QED) is 0.548. The number of ether oxygens (including phenoxy) is 2. The van der Waals surface area contributed by atoms with Gasteiger partial charge in [0.15, 0.2) is 5.78 Å². The third-order valence-electron chi connectivity index (χ3n) is 4.95. The number of carbonyl (C=O) groups excluding carboxylic acids is 1. The summed E-state index contributed by atoms with van der Waals surface area (Å²) in [5.74, 6) is -0.0595. The number of pyridine rings is 2. The number of aryl methyl sites for hydroxylation is 1. The minimum Gasteiger partial charge on any atom is -0.468 e. The molecule has 7 nitrogen and oxygen atoms in total. The van der Waals surface area contributed by atoms with Crippen LogP contribution in [0.3, 0.4) is 0 Å². The van der Waals surface area contributed by atoms with E-state index in [4.69, 9.17) is 14.5 Å². The molecule has 0 N–H and O–H groups in total. The van der Waals surface area contributed by atoms with Crippen molar-refractivity contribution in [3.8, 4) is 17.3 Å².